The van der Waals surface area contributed by atoms with Crippen molar-refractivity contribution in [3.8, 4) is 0 Å². The van der Waals surface area contributed by atoms with Crippen LogP contribution in [0.5, 0.6) is 0 Å². The number of urea groups is 1. The Bertz CT molecular complexity index is 407. The van der Waals surface area contributed by atoms with E-state index in [9.17, 15) is 14.4 Å². The number of rotatable bonds is 4. The Hall–Kier alpha value is -1.63. The fourth-order valence-corrected chi connectivity index (χ4v) is 3.11. The molecule has 0 aromatic heterocycles. The van der Waals surface area contributed by atoms with Crippen molar-refractivity contribution >= 4 is 17.9 Å². The number of amides is 3. The first-order valence-electron chi connectivity index (χ1n) is 7.63. The highest BCUT2D eigenvalue weighted by atomic mass is 16.4. The second-order valence-electron chi connectivity index (χ2n) is 5.82. The van der Waals surface area contributed by atoms with Crippen LogP contribution in [0.2, 0.25) is 0 Å². The SMILES string of the molecule is O=C(CN1CCCC1C(=O)O)NC(=O)NC1CCCCC1. The van der Waals surface area contributed by atoms with Gasteiger partial charge in [0.2, 0.25) is 5.91 Å². The number of carboxylic acid groups (broad SMARTS) is 1. The summed E-state index contributed by atoms with van der Waals surface area (Å²) in [6.07, 6.45) is 6.63. The number of nitrogens with one attached hydrogen (secondary N) is 2. The summed E-state index contributed by atoms with van der Waals surface area (Å²) in [6, 6.07) is -0.944. The minimum Gasteiger partial charge on any atom is -0.480 e. The monoisotopic (exact) mass is 297 g/mol. The lowest BCUT2D eigenvalue weighted by Gasteiger charge is -2.23. The standard InChI is InChI=1S/C14H23N3O4/c18-12(9-17-8-4-7-11(17)13(19)20)16-14(21)15-10-5-2-1-3-6-10/h10-11H,1-9H2,(H,19,20)(H2,15,16,18,21). The van der Waals surface area contributed by atoms with Gasteiger partial charge in [-0.15, -0.1) is 0 Å². The minimum atomic E-state index is -0.910. The molecule has 3 amide bonds. The molecule has 3 N–H and O–H groups in total. The number of carbonyl (C=O) groups is 3. The van der Waals surface area contributed by atoms with Gasteiger partial charge >= 0.3 is 12.0 Å². The van der Waals surface area contributed by atoms with Crippen molar-refractivity contribution in [3.05, 3.63) is 0 Å². The molecule has 1 aliphatic carbocycles. The maximum absolute atomic E-state index is 11.8. The van der Waals surface area contributed by atoms with Gasteiger partial charge in [0.05, 0.1) is 6.54 Å². The fourth-order valence-electron chi connectivity index (χ4n) is 3.11. The van der Waals surface area contributed by atoms with Crippen molar-refractivity contribution in [3.63, 3.8) is 0 Å². The van der Waals surface area contributed by atoms with Crippen LogP contribution in [-0.4, -0.2) is 53.1 Å². The van der Waals surface area contributed by atoms with Gasteiger partial charge in [-0.05, 0) is 32.2 Å². The van der Waals surface area contributed by atoms with E-state index in [0.29, 0.717) is 13.0 Å². The highest BCUT2D eigenvalue weighted by Gasteiger charge is 2.31. The highest BCUT2D eigenvalue weighted by Crippen LogP contribution is 2.17. The summed E-state index contributed by atoms with van der Waals surface area (Å²) in [5.41, 5.74) is 0. The molecular formula is C14H23N3O4. The lowest BCUT2D eigenvalue weighted by atomic mass is 9.96. The number of nitrogens with zero attached hydrogens (tertiary/aromatic N) is 1. The van der Waals surface area contributed by atoms with Crippen LogP contribution in [0.1, 0.15) is 44.9 Å². The summed E-state index contributed by atoms with van der Waals surface area (Å²) in [7, 11) is 0. The zero-order valence-corrected chi connectivity index (χ0v) is 12.1. The molecule has 7 nitrogen and oxygen atoms in total. The van der Waals surface area contributed by atoms with E-state index in [2.05, 4.69) is 10.6 Å². The Morgan fingerprint density at radius 1 is 1.05 bits per heavy atom. The second kappa shape index (κ2) is 7.40. The van der Waals surface area contributed by atoms with Crippen LogP contribution in [0.3, 0.4) is 0 Å². The van der Waals surface area contributed by atoms with Gasteiger partial charge in [0.15, 0.2) is 0 Å². The van der Waals surface area contributed by atoms with Crippen molar-refractivity contribution < 1.29 is 19.5 Å². The summed E-state index contributed by atoms with van der Waals surface area (Å²) in [5, 5.41) is 14.1. The van der Waals surface area contributed by atoms with Crippen LogP contribution in [0.15, 0.2) is 0 Å². The van der Waals surface area contributed by atoms with Crippen molar-refractivity contribution in [1.82, 2.24) is 15.5 Å². The zero-order valence-electron chi connectivity index (χ0n) is 12.1. The van der Waals surface area contributed by atoms with E-state index in [1.807, 2.05) is 0 Å². The van der Waals surface area contributed by atoms with E-state index in [1.54, 1.807) is 4.90 Å². The predicted octanol–water partition coefficient (Wildman–Crippen LogP) is 0.694. The Balaban J connectivity index is 1.73. The van der Waals surface area contributed by atoms with Crippen LogP contribution in [-0.2, 0) is 9.59 Å². The molecule has 1 heterocycles. The Morgan fingerprint density at radius 3 is 2.43 bits per heavy atom. The second-order valence-corrected chi connectivity index (χ2v) is 5.82. The summed E-state index contributed by atoms with van der Waals surface area (Å²) in [4.78, 5) is 36.2. The van der Waals surface area contributed by atoms with E-state index in [1.165, 1.54) is 6.42 Å². The van der Waals surface area contributed by atoms with Crippen molar-refractivity contribution in [2.75, 3.05) is 13.1 Å². The molecule has 1 saturated heterocycles. The van der Waals surface area contributed by atoms with Gasteiger partial charge in [-0.1, -0.05) is 19.3 Å². The molecule has 2 fully saturated rings. The van der Waals surface area contributed by atoms with Crippen molar-refractivity contribution in [1.29, 1.82) is 0 Å². The van der Waals surface area contributed by atoms with Gasteiger partial charge in [-0.25, -0.2) is 4.79 Å². The third-order valence-corrected chi connectivity index (χ3v) is 4.19. The molecule has 0 aromatic carbocycles. The lowest BCUT2D eigenvalue weighted by molar-refractivity contribution is -0.142. The Morgan fingerprint density at radius 2 is 1.76 bits per heavy atom. The molecule has 21 heavy (non-hydrogen) atoms. The number of imide groups is 1. The van der Waals surface area contributed by atoms with E-state index >= 15 is 0 Å². The summed E-state index contributed by atoms with van der Waals surface area (Å²) >= 11 is 0. The summed E-state index contributed by atoms with van der Waals surface area (Å²) < 4.78 is 0. The molecule has 0 radical (unpaired) electrons. The number of aliphatic carboxylic acids is 1. The van der Waals surface area contributed by atoms with Gasteiger partial charge in [0.25, 0.3) is 0 Å². The number of carboxylic acids is 1. The van der Waals surface area contributed by atoms with Crippen LogP contribution in [0, 0.1) is 0 Å². The first-order chi connectivity index (χ1) is 10.1. The number of hydrogen-bond donors (Lipinski definition) is 3. The first kappa shape index (κ1) is 15.8. The fraction of sp³-hybridized carbons (Fsp3) is 0.786. The maximum Gasteiger partial charge on any atom is 0.321 e. The number of carbonyl (C=O) groups excluding carboxylic acids is 2. The summed E-state index contributed by atoms with van der Waals surface area (Å²) in [5.74, 6) is -1.36. The topological polar surface area (TPSA) is 98.7 Å². The third-order valence-electron chi connectivity index (χ3n) is 4.19. The first-order valence-corrected chi connectivity index (χ1v) is 7.63. The smallest absolute Gasteiger partial charge is 0.321 e. The predicted molar refractivity (Wildman–Crippen MR) is 75.8 cm³/mol. The van der Waals surface area contributed by atoms with Gasteiger partial charge in [0.1, 0.15) is 6.04 Å². The molecular weight excluding hydrogens is 274 g/mol. The molecule has 0 aromatic rings. The molecule has 118 valence electrons. The van der Waals surface area contributed by atoms with Crippen LogP contribution >= 0.6 is 0 Å². The summed E-state index contributed by atoms with van der Waals surface area (Å²) in [6.45, 7) is 0.531. The molecule has 2 aliphatic rings. The highest BCUT2D eigenvalue weighted by molar-refractivity contribution is 5.95. The van der Waals surface area contributed by atoms with Crippen LogP contribution in [0.25, 0.3) is 0 Å². The van der Waals surface area contributed by atoms with E-state index < -0.39 is 23.9 Å². The molecule has 1 unspecified atom stereocenters. The van der Waals surface area contributed by atoms with Crippen molar-refractivity contribution in [2.24, 2.45) is 0 Å². The van der Waals surface area contributed by atoms with Gasteiger partial charge in [-0.3, -0.25) is 19.8 Å². The molecule has 2 rings (SSSR count). The molecule has 1 aliphatic heterocycles. The van der Waals surface area contributed by atoms with E-state index in [-0.39, 0.29) is 12.6 Å². The molecule has 7 heteroatoms. The zero-order chi connectivity index (χ0) is 15.2. The van der Waals surface area contributed by atoms with Crippen LogP contribution < -0.4 is 10.6 Å². The average Bonchev–Trinajstić information content (AvgIpc) is 2.87. The maximum atomic E-state index is 11.8. The Kier molecular flexibility index (Phi) is 5.55. The average molecular weight is 297 g/mol. The largest absolute Gasteiger partial charge is 0.480 e. The normalized spacial score (nSPS) is 23.7. The van der Waals surface area contributed by atoms with Crippen LogP contribution in [0.4, 0.5) is 4.79 Å². The number of hydrogen-bond acceptors (Lipinski definition) is 4. The van der Waals surface area contributed by atoms with E-state index in [4.69, 9.17) is 5.11 Å². The van der Waals surface area contributed by atoms with Gasteiger partial charge in [-0.2, -0.15) is 0 Å². The quantitative estimate of drug-likeness (QED) is 0.709. The Labute approximate surface area is 124 Å². The molecule has 0 bridgehead atoms. The molecule has 1 atom stereocenters. The molecule has 0 spiro atoms. The number of likely N-dealkylation sites (tertiary alicyclic amines) is 1. The van der Waals surface area contributed by atoms with Crippen molar-refractivity contribution in [2.45, 2.75) is 57.0 Å². The lowest BCUT2D eigenvalue weighted by Crippen LogP contribution is -2.49. The van der Waals surface area contributed by atoms with Gasteiger partial charge < -0.3 is 10.4 Å². The van der Waals surface area contributed by atoms with E-state index in [0.717, 1.165) is 32.1 Å². The molecule has 1 saturated carbocycles. The minimum absolute atomic E-state index is 0.0466. The third kappa shape index (κ3) is 4.70. The van der Waals surface area contributed by atoms with Gasteiger partial charge in [0, 0.05) is 6.04 Å².